The average Bonchev–Trinajstić information content (AvgIpc) is 2.02. The van der Waals surface area contributed by atoms with Crippen molar-refractivity contribution in [2.75, 3.05) is 27.2 Å². The summed E-state index contributed by atoms with van der Waals surface area (Å²) in [6.07, 6.45) is 2.68. The Morgan fingerprint density at radius 1 is 1.38 bits per heavy atom. The summed E-state index contributed by atoms with van der Waals surface area (Å²) in [4.78, 5) is 12.7. The zero-order valence-electron chi connectivity index (χ0n) is 9.05. The minimum absolute atomic E-state index is 0.171. The van der Waals surface area contributed by atoms with Crippen LogP contribution >= 0.6 is 0 Å². The Balaban J connectivity index is 3.36. The van der Waals surface area contributed by atoms with Gasteiger partial charge in [0.05, 0.1) is 0 Å². The number of carbonyl (C=O) groups excluding carboxylic acids is 1. The Hall–Kier alpha value is -0.830. The van der Waals surface area contributed by atoms with Gasteiger partial charge in [0.25, 0.3) is 0 Å². The summed E-state index contributed by atoms with van der Waals surface area (Å²) in [6, 6.07) is 0. The molecule has 0 aliphatic rings. The standard InChI is InChI=1S/C10H20N2O/c1-9(2)5-7-11-8-6-10(13)12(3)4/h5,11H,6-8H2,1-4H3. The van der Waals surface area contributed by atoms with Crippen LogP contribution < -0.4 is 5.32 Å². The van der Waals surface area contributed by atoms with E-state index >= 15 is 0 Å². The summed E-state index contributed by atoms with van der Waals surface area (Å²) in [6.45, 7) is 5.73. The van der Waals surface area contributed by atoms with E-state index in [0.717, 1.165) is 13.1 Å². The molecule has 0 radical (unpaired) electrons. The third-order valence-electron chi connectivity index (χ3n) is 1.67. The molecule has 0 aromatic heterocycles. The van der Waals surface area contributed by atoms with Gasteiger partial charge in [0.1, 0.15) is 0 Å². The minimum atomic E-state index is 0.171. The van der Waals surface area contributed by atoms with Crippen molar-refractivity contribution in [3.8, 4) is 0 Å². The Kier molecular flexibility index (Phi) is 6.24. The lowest BCUT2D eigenvalue weighted by atomic mass is 10.3. The highest BCUT2D eigenvalue weighted by Gasteiger charge is 2.01. The first kappa shape index (κ1) is 12.2. The van der Waals surface area contributed by atoms with Crippen LogP contribution in [0.3, 0.4) is 0 Å². The molecule has 0 aliphatic carbocycles. The second kappa shape index (κ2) is 6.66. The zero-order chi connectivity index (χ0) is 10.3. The molecule has 1 N–H and O–H groups in total. The van der Waals surface area contributed by atoms with Crippen LogP contribution in [-0.2, 0) is 4.79 Å². The quantitative estimate of drug-likeness (QED) is 0.511. The first-order valence-corrected chi connectivity index (χ1v) is 4.58. The number of rotatable bonds is 5. The molecular weight excluding hydrogens is 164 g/mol. The molecule has 0 unspecified atom stereocenters. The van der Waals surface area contributed by atoms with Crippen molar-refractivity contribution in [2.24, 2.45) is 0 Å². The molecule has 0 bridgehead atoms. The molecule has 3 nitrogen and oxygen atoms in total. The maximum atomic E-state index is 11.1. The van der Waals surface area contributed by atoms with Crippen LogP contribution in [0.4, 0.5) is 0 Å². The van der Waals surface area contributed by atoms with Gasteiger partial charge in [0.15, 0.2) is 0 Å². The third-order valence-corrected chi connectivity index (χ3v) is 1.67. The monoisotopic (exact) mass is 184 g/mol. The molecule has 3 heteroatoms. The summed E-state index contributed by atoms with van der Waals surface area (Å²) in [7, 11) is 3.55. The van der Waals surface area contributed by atoms with Crippen LogP contribution in [0.1, 0.15) is 20.3 Å². The number of nitrogens with zero attached hydrogens (tertiary/aromatic N) is 1. The zero-order valence-corrected chi connectivity index (χ0v) is 9.05. The van der Waals surface area contributed by atoms with Crippen LogP contribution in [0.2, 0.25) is 0 Å². The first-order chi connectivity index (χ1) is 6.04. The van der Waals surface area contributed by atoms with Crippen molar-refractivity contribution < 1.29 is 4.79 Å². The highest BCUT2D eigenvalue weighted by Crippen LogP contribution is 1.87. The fraction of sp³-hybridized carbons (Fsp3) is 0.700. The molecule has 76 valence electrons. The van der Waals surface area contributed by atoms with Crippen LogP contribution in [-0.4, -0.2) is 38.0 Å². The van der Waals surface area contributed by atoms with Gasteiger partial charge in [-0.2, -0.15) is 0 Å². The molecule has 13 heavy (non-hydrogen) atoms. The molecule has 1 amide bonds. The van der Waals surface area contributed by atoms with E-state index in [-0.39, 0.29) is 5.91 Å². The predicted octanol–water partition coefficient (Wildman–Crippen LogP) is 1.02. The molecule has 0 aliphatic heterocycles. The second-order valence-electron chi connectivity index (χ2n) is 3.52. The fourth-order valence-electron chi connectivity index (χ4n) is 0.797. The van der Waals surface area contributed by atoms with E-state index in [1.165, 1.54) is 5.57 Å². The predicted molar refractivity (Wildman–Crippen MR) is 55.6 cm³/mol. The number of allylic oxidation sites excluding steroid dienone is 1. The SMILES string of the molecule is CC(C)=CCNCCC(=O)N(C)C. The van der Waals surface area contributed by atoms with Crippen molar-refractivity contribution in [1.29, 1.82) is 0 Å². The van der Waals surface area contributed by atoms with E-state index in [2.05, 4.69) is 25.2 Å². The van der Waals surface area contributed by atoms with Crippen molar-refractivity contribution in [3.05, 3.63) is 11.6 Å². The maximum absolute atomic E-state index is 11.1. The molecule has 0 rings (SSSR count). The number of hydrogen-bond donors (Lipinski definition) is 1. The van der Waals surface area contributed by atoms with Gasteiger partial charge in [0.2, 0.25) is 5.91 Å². The molecular formula is C10H20N2O. The van der Waals surface area contributed by atoms with Crippen LogP contribution in [0.25, 0.3) is 0 Å². The van der Waals surface area contributed by atoms with Gasteiger partial charge >= 0.3 is 0 Å². The summed E-state index contributed by atoms with van der Waals surface area (Å²) < 4.78 is 0. The van der Waals surface area contributed by atoms with Gasteiger partial charge in [-0.05, 0) is 13.8 Å². The molecule has 0 fully saturated rings. The summed E-state index contributed by atoms with van der Waals surface area (Å²) in [5, 5.41) is 3.18. The van der Waals surface area contributed by atoms with E-state index in [9.17, 15) is 4.79 Å². The number of amides is 1. The van der Waals surface area contributed by atoms with E-state index in [0.29, 0.717) is 6.42 Å². The highest BCUT2D eigenvalue weighted by atomic mass is 16.2. The van der Waals surface area contributed by atoms with Crippen molar-refractivity contribution in [3.63, 3.8) is 0 Å². The molecule has 0 saturated carbocycles. The van der Waals surface area contributed by atoms with Gasteiger partial charge in [0, 0.05) is 33.6 Å². The smallest absolute Gasteiger partial charge is 0.223 e. The van der Waals surface area contributed by atoms with Crippen LogP contribution in [0, 0.1) is 0 Å². The largest absolute Gasteiger partial charge is 0.349 e. The lowest BCUT2D eigenvalue weighted by molar-refractivity contribution is -0.128. The number of carbonyl (C=O) groups is 1. The Labute approximate surface area is 80.8 Å². The third kappa shape index (κ3) is 7.53. The first-order valence-electron chi connectivity index (χ1n) is 4.58. The maximum Gasteiger partial charge on any atom is 0.223 e. The van der Waals surface area contributed by atoms with Crippen molar-refractivity contribution >= 4 is 5.91 Å². The van der Waals surface area contributed by atoms with Gasteiger partial charge in [-0.25, -0.2) is 0 Å². The van der Waals surface area contributed by atoms with Gasteiger partial charge in [-0.15, -0.1) is 0 Å². The molecule has 0 saturated heterocycles. The lowest BCUT2D eigenvalue weighted by Crippen LogP contribution is -2.26. The Morgan fingerprint density at radius 2 is 2.00 bits per heavy atom. The van der Waals surface area contributed by atoms with Gasteiger partial charge in [-0.3, -0.25) is 4.79 Å². The Morgan fingerprint density at radius 3 is 2.46 bits per heavy atom. The van der Waals surface area contributed by atoms with Crippen molar-refractivity contribution in [1.82, 2.24) is 10.2 Å². The van der Waals surface area contributed by atoms with E-state index < -0.39 is 0 Å². The molecule has 0 heterocycles. The van der Waals surface area contributed by atoms with E-state index in [1.807, 2.05) is 0 Å². The average molecular weight is 184 g/mol. The number of hydrogen-bond acceptors (Lipinski definition) is 2. The topological polar surface area (TPSA) is 32.3 Å². The summed E-state index contributed by atoms with van der Waals surface area (Å²) in [5.74, 6) is 0.171. The lowest BCUT2D eigenvalue weighted by Gasteiger charge is -2.09. The highest BCUT2D eigenvalue weighted by molar-refractivity contribution is 5.75. The fourth-order valence-corrected chi connectivity index (χ4v) is 0.797. The molecule has 0 spiro atoms. The molecule has 0 aromatic rings. The summed E-state index contributed by atoms with van der Waals surface area (Å²) in [5.41, 5.74) is 1.30. The molecule has 0 atom stereocenters. The molecule has 0 aromatic carbocycles. The van der Waals surface area contributed by atoms with Crippen LogP contribution in [0.15, 0.2) is 11.6 Å². The van der Waals surface area contributed by atoms with Gasteiger partial charge < -0.3 is 10.2 Å². The Bertz CT molecular complexity index is 181. The summed E-state index contributed by atoms with van der Waals surface area (Å²) >= 11 is 0. The number of nitrogens with one attached hydrogen (secondary N) is 1. The van der Waals surface area contributed by atoms with Crippen molar-refractivity contribution in [2.45, 2.75) is 20.3 Å². The van der Waals surface area contributed by atoms with Crippen LogP contribution in [0.5, 0.6) is 0 Å². The minimum Gasteiger partial charge on any atom is -0.349 e. The van der Waals surface area contributed by atoms with Gasteiger partial charge in [-0.1, -0.05) is 11.6 Å². The normalized spacial score (nSPS) is 9.54. The second-order valence-corrected chi connectivity index (χ2v) is 3.52. The van der Waals surface area contributed by atoms with E-state index in [1.54, 1.807) is 19.0 Å². The van der Waals surface area contributed by atoms with E-state index in [4.69, 9.17) is 0 Å².